The Morgan fingerprint density at radius 2 is 2.03 bits per heavy atom. The summed E-state index contributed by atoms with van der Waals surface area (Å²) in [6.45, 7) is 1.97. The zero-order chi connectivity index (χ0) is 27.1. The summed E-state index contributed by atoms with van der Waals surface area (Å²) < 4.78 is 41.6. The van der Waals surface area contributed by atoms with E-state index in [0.717, 1.165) is 25.5 Å². The normalized spacial score (nSPS) is 20.0. The summed E-state index contributed by atoms with van der Waals surface area (Å²) >= 11 is 6.13. The first-order valence-electron chi connectivity index (χ1n) is 12.2. The molecule has 2 aromatic carbocycles. The Hall–Kier alpha value is -3.54. The standard InChI is InChI=1S/C26H25ClF3N7O/c1-25(35-23(38)14-8-9-19(31)18(27)11-14)10-4-5-15(12-25)33-24-32-13-17(26(28,29)30)22(34-24)21-16-6-2-3-7-20(16)36-37-21/h2-3,6-9,11,13,15H,4-5,10,12,31H2,1H3,(H,35,38)(H,36,37)(H,32,33,34)/p+2. The van der Waals surface area contributed by atoms with Crippen LogP contribution in [-0.2, 0) is 6.18 Å². The number of amides is 1. The minimum atomic E-state index is -4.64. The van der Waals surface area contributed by atoms with Crippen molar-refractivity contribution in [2.75, 3.05) is 0 Å². The van der Waals surface area contributed by atoms with Gasteiger partial charge in [0.25, 0.3) is 5.91 Å². The van der Waals surface area contributed by atoms with Gasteiger partial charge in [-0.2, -0.15) is 28.2 Å². The molecule has 198 valence electrons. The lowest BCUT2D eigenvalue weighted by Gasteiger charge is -2.37. The molecule has 0 radical (unpaired) electrons. The van der Waals surface area contributed by atoms with Crippen LogP contribution in [0.5, 0.6) is 0 Å². The number of carbonyl (C=O) groups excluding carboxylic acids is 1. The molecule has 1 saturated carbocycles. The molecule has 4 aromatic rings. The van der Waals surface area contributed by atoms with Crippen LogP contribution in [0.2, 0.25) is 5.02 Å². The van der Waals surface area contributed by atoms with Gasteiger partial charge in [-0.25, -0.2) is 0 Å². The number of hydrogen-bond acceptors (Lipinski definition) is 4. The van der Waals surface area contributed by atoms with Gasteiger partial charge in [-0.15, -0.1) is 0 Å². The number of carbonyl (C=O) groups is 1. The average Bonchev–Trinajstić information content (AvgIpc) is 3.29. The molecule has 1 fully saturated rings. The summed E-state index contributed by atoms with van der Waals surface area (Å²) in [5.41, 5.74) is 3.90. The maximum Gasteiger partial charge on any atom is 0.420 e. The van der Waals surface area contributed by atoms with E-state index in [1.54, 1.807) is 47.8 Å². The number of alkyl halides is 3. The van der Waals surface area contributed by atoms with Gasteiger partial charge in [0, 0.05) is 35.2 Å². The van der Waals surface area contributed by atoms with E-state index >= 15 is 0 Å². The Labute approximate surface area is 221 Å². The minimum Gasteiger partial charge on any atom is -0.347 e. The van der Waals surface area contributed by atoms with Crippen molar-refractivity contribution in [1.29, 1.82) is 0 Å². The monoisotopic (exact) mass is 545 g/mol. The summed E-state index contributed by atoms with van der Waals surface area (Å²) in [6.07, 6.45) is -0.839. The fourth-order valence-corrected chi connectivity index (χ4v) is 5.23. The molecule has 0 bridgehead atoms. The highest BCUT2D eigenvalue weighted by Crippen LogP contribution is 2.37. The van der Waals surface area contributed by atoms with Gasteiger partial charge in [0.15, 0.2) is 0 Å². The van der Waals surface area contributed by atoms with Crippen LogP contribution in [-0.4, -0.2) is 37.7 Å². The van der Waals surface area contributed by atoms with Crippen LogP contribution in [0.25, 0.3) is 22.3 Å². The van der Waals surface area contributed by atoms with Gasteiger partial charge in [0.2, 0.25) is 0 Å². The van der Waals surface area contributed by atoms with Gasteiger partial charge in [0.05, 0.1) is 11.6 Å². The van der Waals surface area contributed by atoms with Crippen LogP contribution in [0.15, 0.2) is 48.7 Å². The average molecular weight is 546 g/mol. The zero-order valence-electron chi connectivity index (χ0n) is 20.6. The Kier molecular flexibility index (Phi) is 6.84. The quantitative estimate of drug-likeness (QED) is 0.303. The smallest absolute Gasteiger partial charge is 0.347 e. The summed E-state index contributed by atoms with van der Waals surface area (Å²) in [5.74, 6) is -0.0491. The molecule has 1 aliphatic carbocycles. The molecule has 0 aliphatic heterocycles. The van der Waals surface area contributed by atoms with E-state index in [4.69, 9.17) is 11.6 Å². The highest BCUT2D eigenvalue weighted by Gasteiger charge is 2.39. The Bertz CT molecular complexity index is 1510. The number of hydrogen-bond donors (Lipinski definition) is 4. The van der Waals surface area contributed by atoms with Crippen LogP contribution in [0.3, 0.4) is 0 Å². The fraction of sp³-hybridized carbons (Fsp3) is 0.308. The molecular weight excluding hydrogens is 519 g/mol. The van der Waals surface area contributed by atoms with Crippen molar-refractivity contribution in [2.24, 2.45) is 0 Å². The second kappa shape index (κ2) is 9.97. The van der Waals surface area contributed by atoms with Gasteiger partial charge >= 0.3 is 12.1 Å². The third kappa shape index (κ3) is 5.35. The van der Waals surface area contributed by atoms with E-state index in [-0.39, 0.29) is 29.3 Å². The Morgan fingerprint density at radius 3 is 2.79 bits per heavy atom. The molecular formula is C26H27ClF3N7O+2. The topological polar surface area (TPSA) is 128 Å². The first-order valence-corrected chi connectivity index (χ1v) is 12.6. The number of halogens is 4. The lowest BCUT2D eigenvalue weighted by atomic mass is 9.80. The van der Waals surface area contributed by atoms with Gasteiger partial charge in [-0.1, -0.05) is 29.8 Å². The molecule has 8 nitrogen and oxygen atoms in total. The molecule has 1 aliphatic rings. The highest BCUT2D eigenvalue weighted by molar-refractivity contribution is 6.33. The van der Waals surface area contributed by atoms with E-state index in [1.165, 1.54) is 0 Å². The predicted molar refractivity (Wildman–Crippen MR) is 136 cm³/mol. The lowest BCUT2D eigenvalue weighted by molar-refractivity contribution is -0.622. The molecule has 2 unspecified atom stereocenters. The largest absolute Gasteiger partial charge is 0.420 e. The number of aromatic amines is 1. The number of quaternary nitrogens is 2. The van der Waals surface area contributed by atoms with E-state index in [1.807, 2.05) is 6.92 Å². The first-order chi connectivity index (χ1) is 18.0. The minimum absolute atomic E-state index is 0.0413. The van der Waals surface area contributed by atoms with Gasteiger partial charge in [0.1, 0.15) is 27.7 Å². The van der Waals surface area contributed by atoms with Crippen molar-refractivity contribution in [3.05, 3.63) is 64.8 Å². The van der Waals surface area contributed by atoms with Crippen molar-refractivity contribution < 1.29 is 29.0 Å². The third-order valence-corrected chi connectivity index (χ3v) is 7.29. The number of rotatable bonds is 5. The molecule has 38 heavy (non-hydrogen) atoms. The number of benzene rings is 2. The van der Waals surface area contributed by atoms with Crippen molar-refractivity contribution in [1.82, 2.24) is 25.5 Å². The van der Waals surface area contributed by atoms with E-state index in [9.17, 15) is 18.0 Å². The molecule has 12 heteroatoms. The van der Waals surface area contributed by atoms with E-state index in [2.05, 4.69) is 31.2 Å². The Balaban J connectivity index is 1.38. The van der Waals surface area contributed by atoms with Crippen molar-refractivity contribution in [2.45, 2.75) is 50.4 Å². The number of para-hydroxylation sites is 1. The number of fused-ring (bicyclic) bond motifs is 1. The summed E-state index contributed by atoms with van der Waals surface area (Å²) in [6, 6.07) is 11.9. The lowest BCUT2D eigenvalue weighted by Crippen LogP contribution is -2.87. The first kappa shape index (κ1) is 26.1. The number of H-pyrrole nitrogens is 1. The van der Waals surface area contributed by atoms with E-state index in [0.29, 0.717) is 33.6 Å². The van der Waals surface area contributed by atoms with Crippen LogP contribution in [0, 0.1) is 0 Å². The molecule has 2 aromatic heterocycles. The molecule has 2 atom stereocenters. The van der Waals surface area contributed by atoms with Crippen LogP contribution in [0.4, 0.5) is 24.8 Å². The van der Waals surface area contributed by atoms with Crippen molar-refractivity contribution >= 4 is 40.0 Å². The number of aromatic nitrogens is 4. The third-order valence-electron chi connectivity index (χ3n) is 6.94. The second-order valence-corrected chi connectivity index (χ2v) is 10.4. The molecule has 7 N–H and O–H groups in total. The number of nitrogens with two attached hydrogens (primary N) is 1. The van der Waals surface area contributed by atoms with Crippen molar-refractivity contribution in [3.8, 4) is 11.4 Å². The van der Waals surface area contributed by atoms with Crippen LogP contribution >= 0.6 is 11.6 Å². The van der Waals surface area contributed by atoms with Gasteiger partial charge in [-0.05, 0) is 44.4 Å². The maximum atomic E-state index is 13.9. The molecule has 0 spiro atoms. The number of nitrogens with one attached hydrogen (secondary N) is 2. The maximum absolute atomic E-state index is 13.9. The Morgan fingerprint density at radius 1 is 1.24 bits per heavy atom. The van der Waals surface area contributed by atoms with Crippen LogP contribution < -0.4 is 16.4 Å². The van der Waals surface area contributed by atoms with Gasteiger partial charge < -0.3 is 11.1 Å². The molecule has 2 heterocycles. The second-order valence-electron chi connectivity index (χ2n) is 9.95. The summed E-state index contributed by atoms with van der Waals surface area (Å²) in [7, 11) is 0. The highest BCUT2D eigenvalue weighted by atomic mass is 35.5. The van der Waals surface area contributed by atoms with Crippen LogP contribution in [0.1, 0.15) is 48.5 Å². The van der Waals surface area contributed by atoms with E-state index < -0.39 is 17.3 Å². The molecule has 1 amide bonds. The molecule has 0 saturated heterocycles. The van der Waals surface area contributed by atoms with Gasteiger partial charge in [-0.3, -0.25) is 15.2 Å². The summed E-state index contributed by atoms with van der Waals surface area (Å²) in [4.78, 5) is 21.3. The fourth-order valence-electron chi connectivity index (χ4n) is 5.05. The van der Waals surface area contributed by atoms with Crippen molar-refractivity contribution in [3.63, 3.8) is 0 Å². The summed E-state index contributed by atoms with van der Waals surface area (Å²) in [5, 5.41) is 12.8. The predicted octanol–water partition coefficient (Wildman–Crippen LogP) is 3.89. The SMILES string of the molecule is CC1(NC(=O)c2ccc([NH3+])c(Cl)c2)CCCC([NH2+]c2ncc(C(F)(F)F)c(-c3n[nH]c4ccccc34)n2)C1. The molecule has 5 rings (SSSR count). The number of nitrogens with zero attached hydrogens (tertiary/aromatic N) is 3. The zero-order valence-corrected chi connectivity index (χ0v) is 21.3.